The van der Waals surface area contributed by atoms with Crippen LogP contribution in [0.1, 0.15) is 120 Å². The maximum atomic E-state index is 12.6. The summed E-state index contributed by atoms with van der Waals surface area (Å²) in [6.45, 7) is 21.1. The van der Waals surface area contributed by atoms with Crippen LogP contribution in [0.15, 0.2) is 0 Å². The number of ether oxygens (including phenoxy) is 2. The fourth-order valence-corrected chi connectivity index (χ4v) is 6.42. The molecule has 6 nitrogen and oxygen atoms in total. The molecule has 2 aliphatic rings. The zero-order valence-electron chi connectivity index (χ0n) is 24.1. The molecule has 0 spiro atoms. The molecule has 0 bridgehead atoms. The predicted octanol–water partition coefficient (Wildman–Crippen LogP) is 5.77. The highest BCUT2D eigenvalue weighted by Gasteiger charge is 2.46. The Labute approximate surface area is 215 Å². The average molecular weight is 495 g/mol. The molecule has 35 heavy (non-hydrogen) atoms. The number of carbonyl (C=O) groups excluding carboxylic acids is 2. The van der Waals surface area contributed by atoms with E-state index in [1.165, 1.54) is 0 Å². The molecule has 204 valence electrons. The first-order valence-corrected chi connectivity index (χ1v) is 13.9. The summed E-state index contributed by atoms with van der Waals surface area (Å²) >= 11 is 0. The number of hydrogen-bond acceptors (Lipinski definition) is 6. The van der Waals surface area contributed by atoms with Crippen molar-refractivity contribution in [3.8, 4) is 0 Å². The average Bonchev–Trinajstić information content (AvgIpc) is 2.67. The lowest BCUT2D eigenvalue weighted by atomic mass is 9.69. The second-order valence-electron chi connectivity index (χ2n) is 14.0. The van der Waals surface area contributed by atoms with E-state index in [2.05, 4.69) is 66.0 Å². The number of piperidine rings is 2. The van der Waals surface area contributed by atoms with Gasteiger partial charge >= 0.3 is 11.9 Å². The topological polar surface area (TPSA) is 76.7 Å². The summed E-state index contributed by atoms with van der Waals surface area (Å²) in [5.41, 5.74) is -0.171. The van der Waals surface area contributed by atoms with E-state index in [-0.39, 0.29) is 52.0 Å². The van der Waals surface area contributed by atoms with Crippen molar-refractivity contribution in [2.75, 3.05) is 13.1 Å². The fourth-order valence-electron chi connectivity index (χ4n) is 6.42. The van der Waals surface area contributed by atoms with Gasteiger partial charge in [-0.05, 0) is 40.5 Å². The molecular weight excluding hydrogens is 440 g/mol. The lowest BCUT2D eigenvalue weighted by Gasteiger charge is -2.48. The summed E-state index contributed by atoms with van der Waals surface area (Å²) in [4.78, 5) is 25.1. The molecule has 0 aromatic heterocycles. The van der Waals surface area contributed by atoms with Gasteiger partial charge in [0.05, 0.1) is 5.92 Å². The van der Waals surface area contributed by atoms with Crippen LogP contribution in [0.4, 0.5) is 0 Å². The van der Waals surface area contributed by atoms with Crippen molar-refractivity contribution in [2.24, 2.45) is 16.7 Å². The van der Waals surface area contributed by atoms with Gasteiger partial charge in [0.1, 0.15) is 12.2 Å². The molecule has 0 aromatic rings. The fraction of sp³-hybridized carbons (Fsp3) is 0.931. The third-order valence-corrected chi connectivity index (χ3v) is 7.69. The molecule has 1 unspecified atom stereocenters. The molecule has 2 saturated heterocycles. The van der Waals surface area contributed by atoms with E-state index in [4.69, 9.17) is 9.47 Å². The Balaban J connectivity index is 1.59. The molecule has 6 heteroatoms. The Morgan fingerprint density at radius 2 is 1.31 bits per heavy atom. The molecule has 2 fully saturated rings. The van der Waals surface area contributed by atoms with Crippen LogP contribution in [-0.2, 0) is 19.1 Å². The minimum Gasteiger partial charge on any atom is -0.462 e. The first-order chi connectivity index (χ1) is 16.0. The summed E-state index contributed by atoms with van der Waals surface area (Å²) in [7, 11) is 0. The van der Waals surface area contributed by atoms with Gasteiger partial charge in [0.15, 0.2) is 0 Å². The number of unbranched alkanes of at least 4 members (excludes halogenated alkanes) is 4. The van der Waals surface area contributed by atoms with Crippen molar-refractivity contribution in [3.05, 3.63) is 0 Å². The van der Waals surface area contributed by atoms with Crippen molar-refractivity contribution in [1.82, 2.24) is 10.6 Å². The van der Waals surface area contributed by atoms with Crippen molar-refractivity contribution < 1.29 is 19.1 Å². The van der Waals surface area contributed by atoms with Crippen LogP contribution in [0.2, 0.25) is 0 Å². The van der Waals surface area contributed by atoms with E-state index in [0.29, 0.717) is 6.42 Å². The maximum absolute atomic E-state index is 12.6. The van der Waals surface area contributed by atoms with Gasteiger partial charge < -0.3 is 20.1 Å². The highest BCUT2D eigenvalue weighted by molar-refractivity contribution is 5.72. The second kappa shape index (κ2) is 11.9. The third-order valence-electron chi connectivity index (χ3n) is 7.69. The minimum atomic E-state index is -0.0707. The van der Waals surface area contributed by atoms with Gasteiger partial charge in [-0.15, -0.1) is 0 Å². The Hall–Kier alpha value is -1.14. The van der Waals surface area contributed by atoms with Crippen LogP contribution in [0, 0.1) is 16.7 Å². The second-order valence-corrected chi connectivity index (χ2v) is 14.0. The molecule has 2 heterocycles. The molecule has 0 aliphatic carbocycles. The Bertz CT molecular complexity index is 681. The van der Waals surface area contributed by atoms with E-state index in [1.807, 2.05) is 6.92 Å². The summed E-state index contributed by atoms with van der Waals surface area (Å²) in [6.07, 6.45) is 8.03. The van der Waals surface area contributed by atoms with E-state index < -0.39 is 0 Å². The number of esters is 2. The van der Waals surface area contributed by atoms with Crippen LogP contribution in [0.25, 0.3) is 0 Å². The predicted molar refractivity (Wildman–Crippen MR) is 142 cm³/mol. The molecule has 0 saturated carbocycles. The SMILES string of the molecule is CC(CCCCCCCC(=O)OC1C(C)(C)CNCC1(C)C)C(=O)OC1CC(C)(C)NC(C)(C)C1. The number of nitrogens with one attached hydrogen (secondary N) is 2. The van der Waals surface area contributed by atoms with Crippen LogP contribution >= 0.6 is 0 Å². The van der Waals surface area contributed by atoms with Gasteiger partial charge in [-0.2, -0.15) is 0 Å². The minimum absolute atomic E-state index is 0.0167. The monoisotopic (exact) mass is 494 g/mol. The highest BCUT2D eigenvalue weighted by Crippen LogP contribution is 2.39. The van der Waals surface area contributed by atoms with Gasteiger partial charge in [-0.25, -0.2) is 0 Å². The highest BCUT2D eigenvalue weighted by atomic mass is 16.5. The molecule has 1 atom stereocenters. The van der Waals surface area contributed by atoms with Crippen LogP contribution in [-0.4, -0.2) is 48.3 Å². The van der Waals surface area contributed by atoms with E-state index in [9.17, 15) is 9.59 Å². The summed E-state index contributed by atoms with van der Waals surface area (Å²) in [5.74, 6) is -0.198. The molecule has 0 radical (unpaired) electrons. The van der Waals surface area contributed by atoms with Gasteiger partial charge in [0.25, 0.3) is 0 Å². The van der Waals surface area contributed by atoms with Crippen molar-refractivity contribution in [2.45, 2.75) is 143 Å². The molecule has 2 rings (SSSR count). The Morgan fingerprint density at radius 3 is 1.89 bits per heavy atom. The number of hydrogen-bond donors (Lipinski definition) is 2. The normalized spacial score (nSPS) is 24.5. The van der Waals surface area contributed by atoms with Crippen LogP contribution < -0.4 is 10.6 Å². The third kappa shape index (κ3) is 9.68. The van der Waals surface area contributed by atoms with Crippen LogP contribution in [0.5, 0.6) is 0 Å². The molecule has 0 aromatic carbocycles. The molecular formula is C29H54N2O4. The standard InChI is InChI=1S/C29H54N2O4/c1-21(24(33)34-22-17-28(6,7)31-29(8,9)18-22)15-13-11-10-12-14-16-23(32)35-25-26(2,3)19-30-20-27(25,4)5/h21-22,25,30-31H,10-20H2,1-9H3. The smallest absolute Gasteiger partial charge is 0.308 e. The molecule has 0 amide bonds. The van der Waals surface area contributed by atoms with Crippen molar-refractivity contribution >= 4 is 11.9 Å². The molecule has 2 aliphatic heterocycles. The Kier molecular flexibility index (Phi) is 10.3. The van der Waals surface area contributed by atoms with E-state index >= 15 is 0 Å². The lowest BCUT2D eigenvalue weighted by Crippen LogP contribution is -2.59. The van der Waals surface area contributed by atoms with Gasteiger partial charge in [0, 0.05) is 54.3 Å². The van der Waals surface area contributed by atoms with Crippen LogP contribution in [0.3, 0.4) is 0 Å². The first kappa shape index (κ1) is 30.1. The van der Waals surface area contributed by atoms with Crippen molar-refractivity contribution in [3.63, 3.8) is 0 Å². The quantitative estimate of drug-likeness (QED) is 0.280. The number of carbonyl (C=O) groups is 2. The summed E-state index contributed by atoms with van der Waals surface area (Å²) in [6, 6.07) is 0. The number of rotatable bonds is 11. The summed E-state index contributed by atoms with van der Waals surface area (Å²) < 4.78 is 11.9. The zero-order valence-corrected chi connectivity index (χ0v) is 24.1. The summed E-state index contributed by atoms with van der Waals surface area (Å²) in [5, 5.41) is 7.09. The van der Waals surface area contributed by atoms with Gasteiger partial charge in [-0.1, -0.05) is 60.3 Å². The zero-order chi connectivity index (χ0) is 26.5. The first-order valence-electron chi connectivity index (χ1n) is 13.9. The van der Waals surface area contributed by atoms with E-state index in [0.717, 1.165) is 64.5 Å². The molecule has 2 N–H and O–H groups in total. The van der Waals surface area contributed by atoms with Crippen molar-refractivity contribution in [1.29, 1.82) is 0 Å². The largest absolute Gasteiger partial charge is 0.462 e. The van der Waals surface area contributed by atoms with Gasteiger partial charge in [0.2, 0.25) is 0 Å². The van der Waals surface area contributed by atoms with Gasteiger partial charge in [-0.3, -0.25) is 9.59 Å². The lowest BCUT2D eigenvalue weighted by molar-refractivity contribution is -0.169. The maximum Gasteiger partial charge on any atom is 0.308 e. The van der Waals surface area contributed by atoms with E-state index in [1.54, 1.807) is 0 Å². The Morgan fingerprint density at radius 1 is 0.800 bits per heavy atom.